The second-order valence-electron chi connectivity index (χ2n) is 5.22. The molecule has 0 aliphatic heterocycles. The summed E-state index contributed by atoms with van der Waals surface area (Å²) in [6.45, 7) is 1.90. The van der Waals surface area contributed by atoms with Gasteiger partial charge in [-0.25, -0.2) is 4.79 Å². The van der Waals surface area contributed by atoms with Gasteiger partial charge in [-0.1, -0.05) is 54.1 Å². The van der Waals surface area contributed by atoms with E-state index in [4.69, 9.17) is 5.11 Å². The molecule has 0 bridgehead atoms. The summed E-state index contributed by atoms with van der Waals surface area (Å²) in [7, 11) is 0. The van der Waals surface area contributed by atoms with E-state index in [1.165, 1.54) is 18.2 Å². The van der Waals surface area contributed by atoms with Crippen LogP contribution in [0.5, 0.6) is 0 Å². The molecule has 0 unspecified atom stereocenters. The third-order valence-corrected chi connectivity index (χ3v) is 3.35. The summed E-state index contributed by atoms with van der Waals surface area (Å²) < 4.78 is 38.1. The maximum absolute atomic E-state index is 12.7. The minimum Gasteiger partial charge on any atom is -0.478 e. The number of carbonyl (C=O) groups is 1. The first-order valence-corrected chi connectivity index (χ1v) is 7.13. The Kier molecular flexibility index (Phi) is 5.24. The van der Waals surface area contributed by atoms with Crippen LogP contribution >= 0.6 is 0 Å². The maximum atomic E-state index is 12.7. The smallest absolute Gasteiger partial charge is 0.416 e. The van der Waals surface area contributed by atoms with E-state index in [-0.39, 0.29) is 0 Å². The van der Waals surface area contributed by atoms with Crippen molar-refractivity contribution in [1.82, 2.24) is 0 Å². The summed E-state index contributed by atoms with van der Waals surface area (Å²) in [6.07, 6.45) is -0.488. The Morgan fingerprint density at radius 2 is 1.71 bits per heavy atom. The Bertz CT molecular complexity index is 785. The van der Waals surface area contributed by atoms with Crippen LogP contribution in [0.15, 0.2) is 66.8 Å². The van der Waals surface area contributed by atoms with Crippen molar-refractivity contribution in [2.24, 2.45) is 0 Å². The Labute approximate surface area is 137 Å². The average Bonchev–Trinajstić information content (AvgIpc) is 2.50. The number of aryl methyl sites for hydroxylation is 1. The Morgan fingerprint density at radius 3 is 2.25 bits per heavy atom. The molecule has 0 aromatic heterocycles. The van der Waals surface area contributed by atoms with Gasteiger partial charge in [-0.3, -0.25) is 0 Å². The number of halogens is 3. The lowest BCUT2D eigenvalue weighted by atomic mass is 9.95. The Hall–Kier alpha value is -2.82. The molecule has 0 heterocycles. The highest BCUT2D eigenvalue weighted by atomic mass is 19.4. The highest BCUT2D eigenvalue weighted by molar-refractivity contribution is 5.84. The topological polar surface area (TPSA) is 37.3 Å². The van der Waals surface area contributed by atoms with Crippen molar-refractivity contribution in [1.29, 1.82) is 0 Å². The molecule has 0 saturated heterocycles. The monoisotopic (exact) mass is 332 g/mol. The number of alkyl halides is 3. The summed E-state index contributed by atoms with van der Waals surface area (Å²) in [5, 5.41) is 8.70. The zero-order chi connectivity index (χ0) is 17.7. The molecule has 0 atom stereocenters. The van der Waals surface area contributed by atoms with Crippen LogP contribution in [0.4, 0.5) is 13.2 Å². The summed E-state index contributed by atoms with van der Waals surface area (Å²) in [6, 6.07) is 12.2. The zero-order valence-corrected chi connectivity index (χ0v) is 12.8. The standard InChI is InChI=1S/C19H15F3O2/c1-13-4-2-5-15(12-13)17(6-3-7-18(23)24)14-8-10-16(11-9-14)19(20,21)22/h2-12H,1H3,(H,23,24)/b7-3+,17-6-. The molecule has 2 nitrogen and oxygen atoms in total. The van der Waals surface area contributed by atoms with Crippen molar-refractivity contribution in [3.8, 4) is 0 Å². The van der Waals surface area contributed by atoms with Crippen LogP contribution in [0.2, 0.25) is 0 Å². The van der Waals surface area contributed by atoms with Gasteiger partial charge in [-0.2, -0.15) is 13.2 Å². The zero-order valence-electron chi connectivity index (χ0n) is 12.8. The van der Waals surface area contributed by atoms with Crippen LogP contribution in [-0.4, -0.2) is 11.1 Å². The Morgan fingerprint density at radius 1 is 1.04 bits per heavy atom. The van der Waals surface area contributed by atoms with Gasteiger partial charge in [0.2, 0.25) is 0 Å². The first-order chi connectivity index (χ1) is 11.3. The molecule has 0 aliphatic carbocycles. The highest BCUT2D eigenvalue weighted by Gasteiger charge is 2.30. The molecule has 0 aliphatic rings. The van der Waals surface area contributed by atoms with E-state index in [0.29, 0.717) is 11.1 Å². The van der Waals surface area contributed by atoms with Crippen molar-refractivity contribution >= 4 is 11.5 Å². The number of hydrogen-bond acceptors (Lipinski definition) is 1. The molecule has 0 spiro atoms. The first kappa shape index (κ1) is 17.5. The fraction of sp³-hybridized carbons (Fsp3) is 0.105. The van der Waals surface area contributed by atoms with Gasteiger partial charge in [0.15, 0.2) is 0 Å². The van der Waals surface area contributed by atoms with E-state index in [1.807, 2.05) is 31.2 Å². The van der Waals surface area contributed by atoms with Crippen molar-refractivity contribution < 1.29 is 23.1 Å². The number of aliphatic carboxylic acids is 1. The second-order valence-corrected chi connectivity index (χ2v) is 5.22. The Balaban J connectivity index is 2.48. The third kappa shape index (κ3) is 4.59. The quantitative estimate of drug-likeness (QED) is 0.626. The first-order valence-electron chi connectivity index (χ1n) is 7.13. The SMILES string of the molecule is Cc1cccc(/C(=C\C=C\C(=O)O)c2ccc(C(F)(F)F)cc2)c1. The van der Waals surface area contributed by atoms with Gasteiger partial charge in [0.25, 0.3) is 0 Å². The fourth-order valence-corrected chi connectivity index (χ4v) is 2.24. The molecule has 1 N–H and O–H groups in total. The summed E-state index contributed by atoms with van der Waals surface area (Å²) in [5.41, 5.74) is 2.28. The lowest BCUT2D eigenvalue weighted by Crippen LogP contribution is -2.04. The number of allylic oxidation sites excluding steroid dienone is 2. The molecular formula is C19H15F3O2. The molecule has 0 saturated carbocycles. The van der Waals surface area contributed by atoms with Crippen molar-refractivity contribution in [3.05, 3.63) is 89.0 Å². The molecule has 0 fully saturated rings. The number of carboxylic acid groups (broad SMARTS) is 1. The molecule has 5 heteroatoms. The number of hydrogen-bond donors (Lipinski definition) is 1. The predicted molar refractivity (Wildman–Crippen MR) is 86.5 cm³/mol. The predicted octanol–water partition coefficient (Wildman–Crippen LogP) is 5.09. The number of rotatable bonds is 4. The highest BCUT2D eigenvalue weighted by Crippen LogP contribution is 2.31. The van der Waals surface area contributed by atoms with E-state index in [0.717, 1.165) is 29.3 Å². The van der Waals surface area contributed by atoms with E-state index in [9.17, 15) is 18.0 Å². The van der Waals surface area contributed by atoms with Gasteiger partial charge >= 0.3 is 12.1 Å². The minimum absolute atomic E-state index is 0.573. The molecule has 124 valence electrons. The van der Waals surface area contributed by atoms with Gasteiger partial charge in [-0.05, 0) is 35.8 Å². The van der Waals surface area contributed by atoms with E-state index in [2.05, 4.69) is 0 Å². The third-order valence-electron chi connectivity index (χ3n) is 3.35. The van der Waals surface area contributed by atoms with Gasteiger partial charge < -0.3 is 5.11 Å². The largest absolute Gasteiger partial charge is 0.478 e. The van der Waals surface area contributed by atoms with Gasteiger partial charge in [-0.15, -0.1) is 0 Å². The van der Waals surface area contributed by atoms with Crippen LogP contribution in [-0.2, 0) is 11.0 Å². The molecule has 24 heavy (non-hydrogen) atoms. The van der Waals surface area contributed by atoms with Crippen molar-refractivity contribution in [2.45, 2.75) is 13.1 Å². The van der Waals surface area contributed by atoms with Gasteiger partial charge in [0.05, 0.1) is 5.56 Å². The maximum Gasteiger partial charge on any atom is 0.416 e. The van der Waals surface area contributed by atoms with Crippen LogP contribution in [0.25, 0.3) is 5.57 Å². The van der Waals surface area contributed by atoms with Crippen molar-refractivity contribution in [2.75, 3.05) is 0 Å². The fourth-order valence-electron chi connectivity index (χ4n) is 2.24. The molecule has 2 aromatic carbocycles. The lowest BCUT2D eigenvalue weighted by molar-refractivity contribution is -0.137. The number of benzene rings is 2. The van der Waals surface area contributed by atoms with Crippen LogP contribution in [0.3, 0.4) is 0 Å². The average molecular weight is 332 g/mol. The lowest BCUT2D eigenvalue weighted by Gasteiger charge is -2.11. The van der Waals surface area contributed by atoms with Gasteiger partial charge in [0.1, 0.15) is 0 Å². The molecule has 2 aromatic rings. The van der Waals surface area contributed by atoms with E-state index in [1.54, 1.807) is 6.08 Å². The van der Waals surface area contributed by atoms with E-state index < -0.39 is 17.7 Å². The summed E-state index contributed by atoms with van der Waals surface area (Å²) >= 11 is 0. The molecular weight excluding hydrogens is 317 g/mol. The minimum atomic E-state index is -4.39. The van der Waals surface area contributed by atoms with Crippen LogP contribution in [0.1, 0.15) is 22.3 Å². The van der Waals surface area contributed by atoms with Crippen LogP contribution < -0.4 is 0 Å². The van der Waals surface area contributed by atoms with Gasteiger partial charge in [0, 0.05) is 6.08 Å². The molecule has 0 radical (unpaired) electrons. The van der Waals surface area contributed by atoms with Crippen molar-refractivity contribution in [3.63, 3.8) is 0 Å². The summed E-state index contributed by atoms with van der Waals surface area (Å²) in [5.74, 6) is -1.10. The van der Waals surface area contributed by atoms with Crippen LogP contribution in [0, 0.1) is 6.92 Å². The van der Waals surface area contributed by atoms with E-state index >= 15 is 0 Å². The molecule has 0 amide bonds. The second kappa shape index (κ2) is 7.17. The molecule has 2 rings (SSSR count). The summed E-state index contributed by atoms with van der Waals surface area (Å²) in [4.78, 5) is 10.6. The number of carboxylic acids is 1. The normalized spacial score (nSPS) is 12.6.